The zero-order valence-electron chi connectivity index (χ0n) is 13.3. The fraction of sp³-hybridized carbons (Fsp3) is 0.733. The van der Waals surface area contributed by atoms with Gasteiger partial charge in [-0.1, -0.05) is 0 Å². The maximum Gasteiger partial charge on any atom is 0.410 e. The Kier molecular flexibility index (Phi) is 5.19. The van der Waals surface area contributed by atoms with Crippen molar-refractivity contribution in [1.82, 2.24) is 14.5 Å². The molecule has 21 heavy (non-hydrogen) atoms. The number of ether oxygens (including phenoxy) is 1. The molecule has 118 valence electrons. The van der Waals surface area contributed by atoms with Crippen LogP contribution in [0.1, 0.15) is 38.8 Å². The molecule has 5 nitrogen and oxygen atoms in total. The lowest BCUT2D eigenvalue weighted by Crippen LogP contribution is -2.50. The number of carbonyl (C=O) groups is 1. The fourth-order valence-electron chi connectivity index (χ4n) is 2.38. The van der Waals surface area contributed by atoms with E-state index in [0.717, 1.165) is 31.8 Å². The van der Waals surface area contributed by atoms with E-state index in [9.17, 15) is 4.79 Å². The second-order valence-corrected chi connectivity index (χ2v) is 7.43. The van der Waals surface area contributed by atoms with Crippen LogP contribution >= 0.6 is 11.8 Å². The normalized spacial score (nSPS) is 15.9. The molecule has 1 amide bonds. The molecule has 1 aliphatic heterocycles. The molecule has 1 saturated heterocycles. The molecule has 1 aromatic rings. The highest BCUT2D eigenvalue weighted by Crippen LogP contribution is 2.28. The maximum atomic E-state index is 11.9. The van der Waals surface area contributed by atoms with Crippen molar-refractivity contribution in [3.05, 3.63) is 18.2 Å². The topological polar surface area (TPSA) is 47.4 Å². The summed E-state index contributed by atoms with van der Waals surface area (Å²) in [5, 5.41) is 0. The standard InChI is InChI=1S/C15H25N3O2S/c1-15(2,3)20-14(19)18-9-12(10-18)13-8-16-11-17(13)6-5-7-21-4/h8,11-12H,5-7,9-10H2,1-4H3. The average molecular weight is 311 g/mol. The highest BCUT2D eigenvalue weighted by molar-refractivity contribution is 7.98. The van der Waals surface area contributed by atoms with Crippen molar-refractivity contribution >= 4 is 17.9 Å². The van der Waals surface area contributed by atoms with Crippen molar-refractivity contribution in [2.75, 3.05) is 25.1 Å². The van der Waals surface area contributed by atoms with Gasteiger partial charge in [0.25, 0.3) is 0 Å². The molecule has 0 radical (unpaired) electrons. The van der Waals surface area contributed by atoms with Crippen LogP contribution in [0.4, 0.5) is 4.79 Å². The third-order valence-corrected chi connectivity index (χ3v) is 4.14. The molecule has 1 aliphatic rings. The van der Waals surface area contributed by atoms with E-state index < -0.39 is 5.60 Å². The highest BCUT2D eigenvalue weighted by Gasteiger charge is 2.35. The van der Waals surface area contributed by atoms with Gasteiger partial charge < -0.3 is 14.2 Å². The molecule has 0 saturated carbocycles. The quantitative estimate of drug-likeness (QED) is 0.784. The first-order chi connectivity index (χ1) is 9.90. The number of hydrogen-bond acceptors (Lipinski definition) is 4. The fourth-order valence-corrected chi connectivity index (χ4v) is 2.80. The van der Waals surface area contributed by atoms with Crippen molar-refractivity contribution in [1.29, 1.82) is 0 Å². The third kappa shape index (κ3) is 4.40. The Morgan fingerprint density at radius 2 is 2.19 bits per heavy atom. The van der Waals surface area contributed by atoms with E-state index in [-0.39, 0.29) is 6.09 Å². The smallest absolute Gasteiger partial charge is 0.410 e. The van der Waals surface area contributed by atoms with E-state index in [4.69, 9.17) is 4.74 Å². The number of aryl methyl sites for hydroxylation is 1. The molecule has 0 bridgehead atoms. The van der Waals surface area contributed by atoms with Gasteiger partial charge in [-0.15, -0.1) is 0 Å². The summed E-state index contributed by atoms with van der Waals surface area (Å²) < 4.78 is 7.59. The van der Waals surface area contributed by atoms with Gasteiger partial charge in [0.15, 0.2) is 0 Å². The number of carbonyl (C=O) groups excluding carboxylic acids is 1. The predicted octanol–water partition coefficient (Wildman–Crippen LogP) is 2.97. The molecule has 0 aromatic carbocycles. The van der Waals surface area contributed by atoms with Crippen LogP contribution in [0.5, 0.6) is 0 Å². The van der Waals surface area contributed by atoms with Gasteiger partial charge in [0.05, 0.1) is 6.33 Å². The van der Waals surface area contributed by atoms with Crippen molar-refractivity contribution in [2.45, 2.75) is 45.3 Å². The van der Waals surface area contributed by atoms with Crippen LogP contribution in [0.15, 0.2) is 12.5 Å². The Morgan fingerprint density at radius 1 is 1.48 bits per heavy atom. The molecular formula is C15H25N3O2S. The van der Waals surface area contributed by atoms with Gasteiger partial charge in [0.1, 0.15) is 5.60 Å². The van der Waals surface area contributed by atoms with Crippen molar-refractivity contribution < 1.29 is 9.53 Å². The molecular weight excluding hydrogens is 286 g/mol. The summed E-state index contributed by atoms with van der Waals surface area (Å²) in [6, 6.07) is 0. The van der Waals surface area contributed by atoms with Crippen LogP contribution in [0.3, 0.4) is 0 Å². The first-order valence-electron chi connectivity index (χ1n) is 7.37. The van der Waals surface area contributed by atoms with Gasteiger partial charge in [-0.3, -0.25) is 0 Å². The number of likely N-dealkylation sites (tertiary alicyclic amines) is 1. The van der Waals surface area contributed by atoms with Gasteiger partial charge in [0, 0.05) is 37.4 Å². The lowest BCUT2D eigenvalue weighted by atomic mass is 9.97. The first-order valence-corrected chi connectivity index (χ1v) is 8.77. The van der Waals surface area contributed by atoms with Gasteiger partial charge in [-0.05, 0) is 39.2 Å². The highest BCUT2D eigenvalue weighted by atomic mass is 32.2. The minimum Gasteiger partial charge on any atom is -0.444 e. The average Bonchev–Trinajstić information content (AvgIpc) is 2.73. The molecule has 1 fully saturated rings. The third-order valence-electron chi connectivity index (χ3n) is 3.44. The Balaban J connectivity index is 1.84. The molecule has 0 spiro atoms. The molecule has 2 heterocycles. The van der Waals surface area contributed by atoms with E-state index in [2.05, 4.69) is 15.8 Å². The summed E-state index contributed by atoms with van der Waals surface area (Å²) in [4.78, 5) is 17.9. The SMILES string of the molecule is CSCCCn1cncc1C1CN(C(=O)OC(C)(C)C)C1. The first kappa shape index (κ1) is 16.2. The van der Waals surface area contributed by atoms with Crippen molar-refractivity contribution in [2.24, 2.45) is 0 Å². The van der Waals surface area contributed by atoms with Crippen molar-refractivity contribution in [3.63, 3.8) is 0 Å². The maximum absolute atomic E-state index is 11.9. The van der Waals surface area contributed by atoms with Crippen molar-refractivity contribution in [3.8, 4) is 0 Å². The minimum absolute atomic E-state index is 0.216. The summed E-state index contributed by atoms with van der Waals surface area (Å²) >= 11 is 1.86. The summed E-state index contributed by atoms with van der Waals surface area (Å²) in [6.07, 6.45) is 6.88. The minimum atomic E-state index is -0.429. The van der Waals surface area contributed by atoms with Gasteiger partial charge >= 0.3 is 6.09 Å². The number of nitrogens with zero attached hydrogens (tertiary/aromatic N) is 3. The van der Waals surface area contributed by atoms with Crippen LogP contribution in [-0.4, -0.2) is 51.2 Å². The summed E-state index contributed by atoms with van der Waals surface area (Å²) in [6.45, 7) is 8.13. The summed E-state index contributed by atoms with van der Waals surface area (Å²) in [7, 11) is 0. The largest absolute Gasteiger partial charge is 0.444 e. The van der Waals surface area contributed by atoms with E-state index in [1.165, 1.54) is 5.69 Å². The monoisotopic (exact) mass is 311 g/mol. The van der Waals surface area contributed by atoms with Gasteiger partial charge in [-0.25, -0.2) is 9.78 Å². The Bertz CT molecular complexity index is 476. The molecule has 0 unspecified atom stereocenters. The lowest BCUT2D eigenvalue weighted by molar-refractivity contribution is 0.00758. The number of aromatic nitrogens is 2. The van der Waals surface area contributed by atoms with E-state index in [1.54, 1.807) is 4.90 Å². The van der Waals surface area contributed by atoms with Crippen LogP contribution in [0, 0.1) is 0 Å². The van der Waals surface area contributed by atoms with E-state index in [0.29, 0.717) is 5.92 Å². The number of hydrogen-bond donors (Lipinski definition) is 0. The predicted molar refractivity (Wildman–Crippen MR) is 85.8 cm³/mol. The Hall–Kier alpha value is -1.17. The second kappa shape index (κ2) is 6.73. The number of thioether (sulfide) groups is 1. The van der Waals surface area contributed by atoms with Crippen LogP contribution in [0.2, 0.25) is 0 Å². The second-order valence-electron chi connectivity index (χ2n) is 6.44. The van der Waals surface area contributed by atoms with Gasteiger partial charge in [-0.2, -0.15) is 11.8 Å². The van der Waals surface area contributed by atoms with Crippen LogP contribution in [-0.2, 0) is 11.3 Å². The molecule has 0 atom stereocenters. The molecule has 0 aliphatic carbocycles. The molecule has 0 N–H and O–H groups in total. The lowest BCUT2D eigenvalue weighted by Gasteiger charge is -2.39. The van der Waals surface area contributed by atoms with Crippen LogP contribution in [0.25, 0.3) is 0 Å². The van der Waals surface area contributed by atoms with Crippen LogP contribution < -0.4 is 0 Å². The van der Waals surface area contributed by atoms with E-state index in [1.807, 2.05) is 45.1 Å². The summed E-state index contributed by atoms with van der Waals surface area (Å²) in [5.41, 5.74) is 0.804. The number of imidazole rings is 1. The number of amides is 1. The Morgan fingerprint density at radius 3 is 2.81 bits per heavy atom. The molecule has 1 aromatic heterocycles. The zero-order valence-corrected chi connectivity index (χ0v) is 14.2. The zero-order chi connectivity index (χ0) is 15.5. The summed E-state index contributed by atoms with van der Waals surface area (Å²) in [5.74, 6) is 1.54. The Labute approximate surface area is 131 Å². The number of rotatable bonds is 5. The van der Waals surface area contributed by atoms with E-state index >= 15 is 0 Å². The molecule has 6 heteroatoms. The molecule has 2 rings (SSSR count). The van der Waals surface area contributed by atoms with Gasteiger partial charge in [0.2, 0.25) is 0 Å².